The van der Waals surface area contributed by atoms with Crippen molar-refractivity contribution in [3.63, 3.8) is 0 Å². The van der Waals surface area contributed by atoms with E-state index in [2.05, 4.69) is 10.2 Å². The number of aliphatic carboxylic acids is 1. The zero-order valence-electron chi connectivity index (χ0n) is 13.5. The van der Waals surface area contributed by atoms with Crippen LogP contribution in [0.4, 0.5) is 0 Å². The summed E-state index contributed by atoms with van der Waals surface area (Å²) in [5.41, 5.74) is 4.08. The summed E-state index contributed by atoms with van der Waals surface area (Å²) < 4.78 is 0. The molecule has 124 valence electrons. The van der Waals surface area contributed by atoms with Gasteiger partial charge in [-0.25, -0.2) is 4.79 Å². The average Bonchev–Trinajstić information content (AvgIpc) is 3.35. The quantitative estimate of drug-likeness (QED) is 0.906. The third kappa shape index (κ3) is 2.38. The van der Waals surface area contributed by atoms with Crippen molar-refractivity contribution >= 4 is 11.9 Å². The molecule has 6 nitrogen and oxygen atoms in total. The number of nitrogens with zero attached hydrogens (tertiary/aromatic N) is 2. The van der Waals surface area contributed by atoms with E-state index >= 15 is 0 Å². The summed E-state index contributed by atoms with van der Waals surface area (Å²) >= 11 is 0. The number of hydrogen-bond acceptors (Lipinski definition) is 3. The van der Waals surface area contributed by atoms with Gasteiger partial charge in [0, 0.05) is 24.6 Å². The second-order valence-corrected chi connectivity index (χ2v) is 6.64. The molecular weight excluding hydrogens is 306 g/mol. The van der Waals surface area contributed by atoms with Crippen molar-refractivity contribution in [2.45, 2.75) is 44.7 Å². The Balaban J connectivity index is 1.73. The fraction of sp³-hybridized carbons (Fsp3) is 0.389. The van der Waals surface area contributed by atoms with Crippen LogP contribution in [0, 0.1) is 6.92 Å². The molecule has 1 amide bonds. The van der Waals surface area contributed by atoms with Crippen molar-refractivity contribution in [1.29, 1.82) is 0 Å². The number of H-pyrrole nitrogens is 1. The number of hydrogen-bond donors (Lipinski definition) is 2. The van der Waals surface area contributed by atoms with Crippen molar-refractivity contribution in [2.75, 3.05) is 0 Å². The monoisotopic (exact) mass is 325 g/mol. The summed E-state index contributed by atoms with van der Waals surface area (Å²) in [6.07, 6.45) is 2.42. The number of carboxylic acid groups (broad SMARTS) is 1. The van der Waals surface area contributed by atoms with Gasteiger partial charge in [0.25, 0.3) is 5.91 Å². The molecule has 2 aliphatic rings. The lowest BCUT2D eigenvalue weighted by atomic mass is 9.93. The molecule has 1 aromatic carbocycles. The second kappa shape index (κ2) is 5.47. The van der Waals surface area contributed by atoms with E-state index in [1.165, 1.54) is 4.90 Å². The third-order valence-electron chi connectivity index (χ3n) is 4.95. The Bertz CT molecular complexity index is 823. The maximum Gasteiger partial charge on any atom is 0.326 e. The lowest BCUT2D eigenvalue weighted by Gasteiger charge is -2.34. The van der Waals surface area contributed by atoms with Gasteiger partial charge in [-0.1, -0.05) is 24.3 Å². The van der Waals surface area contributed by atoms with Gasteiger partial charge in [0.1, 0.15) is 6.04 Å². The van der Waals surface area contributed by atoms with Crippen LogP contribution in [0.15, 0.2) is 24.3 Å². The van der Waals surface area contributed by atoms with Crippen LogP contribution in [0.5, 0.6) is 0 Å². The predicted octanol–water partition coefficient (Wildman–Crippen LogP) is 2.25. The zero-order chi connectivity index (χ0) is 16.8. The Hall–Kier alpha value is -2.63. The highest BCUT2D eigenvalue weighted by Gasteiger charge is 2.39. The molecule has 1 aliphatic heterocycles. The first-order valence-electron chi connectivity index (χ1n) is 8.21. The lowest BCUT2D eigenvalue weighted by Crippen LogP contribution is -2.48. The van der Waals surface area contributed by atoms with E-state index in [1.807, 2.05) is 31.2 Å². The molecule has 1 aromatic heterocycles. The zero-order valence-corrected chi connectivity index (χ0v) is 13.5. The molecule has 4 rings (SSSR count). The molecule has 2 N–H and O–H groups in total. The van der Waals surface area contributed by atoms with Crippen LogP contribution in [0.3, 0.4) is 0 Å². The van der Waals surface area contributed by atoms with E-state index in [0.717, 1.165) is 29.7 Å². The average molecular weight is 325 g/mol. The molecule has 6 heteroatoms. The Morgan fingerprint density at radius 3 is 2.62 bits per heavy atom. The first kappa shape index (κ1) is 14.9. The normalized spacial score (nSPS) is 19.9. The molecule has 1 atom stereocenters. The van der Waals surface area contributed by atoms with E-state index < -0.39 is 12.0 Å². The number of amides is 1. The number of aromatic nitrogens is 2. The minimum absolute atomic E-state index is 0.231. The number of fused-ring (bicyclic) bond motifs is 1. The Morgan fingerprint density at radius 2 is 1.96 bits per heavy atom. The highest BCUT2D eigenvalue weighted by atomic mass is 16.4. The van der Waals surface area contributed by atoms with Gasteiger partial charge in [-0.05, 0) is 30.9 Å². The number of carbonyl (C=O) groups excluding carboxylic acids is 1. The number of carboxylic acids is 1. The van der Waals surface area contributed by atoms with Gasteiger partial charge in [0.05, 0.1) is 11.3 Å². The van der Waals surface area contributed by atoms with E-state index in [4.69, 9.17) is 0 Å². The summed E-state index contributed by atoms with van der Waals surface area (Å²) in [4.78, 5) is 26.4. The van der Waals surface area contributed by atoms with Gasteiger partial charge in [-0.3, -0.25) is 9.89 Å². The number of carbonyl (C=O) groups is 2. The molecule has 0 unspecified atom stereocenters. The van der Waals surface area contributed by atoms with E-state index in [-0.39, 0.29) is 5.91 Å². The predicted molar refractivity (Wildman–Crippen MR) is 86.7 cm³/mol. The van der Waals surface area contributed by atoms with Crippen molar-refractivity contribution in [1.82, 2.24) is 15.1 Å². The smallest absolute Gasteiger partial charge is 0.326 e. The maximum atomic E-state index is 13.2. The fourth-order valence-electron chi connectivity index (χ4n) is 3.47. The summed E-state index contributed by atoms with van der Waals surface area (Å²) in [6.45, 7) is 2.14. The summed E-state index contributed by atoms with van der Waals surface area (Å²) in [7, 11) is 0. The molecule has 0 spiro atoms. The molecule has 24 heavy (non-hydrogen) atoms. The van der Waals surface area contributed by atoms with Crippen molar-refractivity contribution in [3.8, 4) is 0 Å². The van der Waals surface area contributed by atoms with E-state index in [1.54, 1.807) is 0 Å². The van der Waals surface area contributed by atoms with Crippen molar-refractivity contribution in [3.05, 3.63) is 52.3 Å². The van der Waals surface area contributed by atoms with Crippen molar-refractivity contribution in [2.24, 2.45) is 0 Å². The third-order valence-corrected chi connectivity index (χ3v) is 4.95. The number of rotatable bonds is 3. The van der Waals surface area contributed by atoms with Gasteiger partial charge in [0.2, 0.25) is 0 Å². The molecule has 1 saturated carbocycles. The molecule has 0 radical (unpaired) electrons. The SMILES string of the molecule is Cc1[nH]nc(C2CC2)c1C(=O)N1Cc2ccccc2C[C@H]1C(=O)O. The minimum Gasteiger partial charge on any atom is -0.480 e. The summed E-state index contributed by atoms with van der Waals surface area (Å²) in [5.74, 6) is -0.869. The summed E-state index contributed by atoms with van der Waals surface area (Å²) in [6, 6.07) is 6.87. The highest BCUT2D eigenvalue weighted by molar-refractivity contribution is 5.99. The highest BCUT2D eigenvalue weighted by Crippen LogP contribution is 2.41. The van der Waals surface area contributed by atoms with Crippen LogP contribution in [0.1, 0.15) is 51.6 Å². The maximum absolute atomic E-state index is 13.2. The van der Waals surface area contributed by atoms with Crippen LogP contribution >= 0.6 is 0 Å². The number of nitrogens with one attached hydrogen (secondary N) is 1. The van der Waals surface area contributed by atoms with Gasteiger partial charge in [-0.2, -0.15) is 5.10 Å². The first-order chi connectivity index (χ1) is 11.6. The van der Waals surface area contributed by atoms with Crippen LogP contribution in [0.2, 0.25) is 0 Å². The van der Waals surface area contributed by atoms with Crippen LogP contribution < -0.4 is 0 Å². The Kier molecular flexibility index (Phi) is 3.40. The summed E-state index contributed by atoms with van der Waals surface area (Å²) in [5, 5.41) is 16.8. The standard InChI is InChI=1S/C18H19N3O3/c1-10-15(16(20-19-10)11-6-7-11)17(22)21-9-13-5-3-2-4-12(13)8-14(21)18(23)24/h2-5,11,14H,6-9H2,1H3,(H,19,20)(H,23,24)/t14-/m0/s1. The Labute approximate surface area is 139 Å². The largest absolute Gasteiger partial charge is 0.480 e. The molecular formula is C18H19N3O3. The molecule has 2 aromatic rings. The number of benzene rings is 1. The molecule has 1 aliphatic carbocycles. The topological polar surface area (TPSA) is 86.3 Å². The van der Waals surface area contributed by atoms with Gasteiger partial charge in [0.15, 0.2) is 0 Å². The van der Waals surface area contributed by atoms with E-state index in [9.17, 15) is 14.7 Å². The first-order valence-corrected chi connectivity index (χ1v) is 8.21. The number of aromatic amines is 1. The van der Waals surface area contributed by atoms with Crippen molar-refractivity contribution < 1.29 is 14.7 Å². The van der Waals surface area contributed by atoms with Crippen LogP contribution in [-0.2, 0) is 17.8 Å². The Morgan fingerprint density at radius 1 is 1.25 bits per heavy atom. The number of aryl methyl sites for hydroxylation is 1. The molecule has 2 heterocycles. The van der Waals surface area contributed by atoms with Gasteiger partial charge in [-0.15, -0.1) is 0 Å². The van der Waals surface area contributed by atoms with Gasteiger partial charge < -0.3 is 10.0 Å². The molecule has 1 fully saturated rings. The second-order valence-electron chi connectivity index (χ2n) is 6.64. The molecule has 0 bridgehead atoms. The lowest BCUT2D eigenvalue weighted by molar-refractivity contribution is -0.142. The fourth-order valence-corrected chi connectivity index (χ4v) is 3.47. The van der Waals surface area contributed by atoms with E-state index in [0.29, 0.717) is 30.1 Å². The molecule has 0 saturated heterocycles. The van der Waals surface area contributed by atoms with Crippen LogP contribution in [-0.4, -0.2) is 38.1 Å². The van der Waals surface area contributed by atoms with Gasteiger partial charge >= 0.3 is 5.97 Å². The minimum atomic E-state index is -0.966. The van der Waals surface area contributed by atoms with Crippen LogP contribution in [0.25, 0.3) is 0 Å².